The first-order chi connectivity index (χ1) is 7.65. The molecule has 0 radical (unpaired) electrons. The van der Waals surface area contributed by atoms with E-state index in [-0.39, 0.29) is 5.56 Å². The van der Waals surface area contributed by atoms with E-state index in [0.717, 1.165) is 12.5 Å². The van der Waals surface area contributed by atoms with Crippen LogP contribution in [0.1, 0.15) is 23.7 Å². The van der Waals surface area contributed by atoms with Crippen LogP contribution in [0.25, 0.3) is 0 Å². The first-order valence-corrected chi connectivity index (χ1v) is 5.03. The first kappa shape index (κ1) is 12.2. The second-order valence-corrected chi connectivity index (χ2v) is 3.28. The highest BCUT2D eigenvalue weighted by Crippen LogP contribution is 2.16. The molecule has 1 rings (SSSR count). The van der Waals surface area contributed by atoms with E-state index in [9.17, 15) is 9.18 Å². The zero-order valence-electron chi connectivity index (χ0n) is 9.03. The molecule has 0 saturated carbocycles. The fourth-order valence-corrected chi connectivity index (χ4v) is 1.30. The molecule has 1 aromatic rings. The molecule has 0 aliphatic heterocycles. The van der Waals surface area contributed by atoms with Crippen molar-refractivity contribution in [3.05, 3.63) is 41.7 Å². The molecule has 0 aliphatic rings. The molecule has 16 heavy (non-hydrogen) atoms. The van der Waals surface area contributed by atoms with Crippen LogP contribution in [0.3, 0.4) is 0 Å². The van der Waals surface area contributed by atoms with Crippen molar-refractivity contribution in [3.63, 3.8) is 0 Å². The van der Waals surface area contributed by atoms with Gasteiger partial charge in [-0.25, -0.2) is 9.18 Å². The van der Waals surface area contributed by atoms with Gasteiger partial charge in [0.05, 0.1) is 5.56 Å². The second-order valence-electron chi connectivity index (χ2n) is 3.28. The summed E-state index contributed by atoms with van der Waals surface area (Å²) < 4.78 is 12.8. The van der Waals surface area contributed by atoms with Gasteiger partial charge in [0.2, 0.25) is 0 Å². The summed E-state index contributed by atoms with van der Waals surface area (Å²) in [6.45, 7) is 2.54. The predicted molar refractivity (Wildman–Crippen MR) is 61.3 cm³/mol. The highest BCUT2D eigenvalue weighted by atomic mass is 19.1. The third kappa shape index (κ3) is 3.38. The molecule has 0 saturated heterocycles. The number of allylic oxidation sites excluding steroid dienone is 1. The number of nitrogens with one attached hydrogen (secondary N) is 1. The van der Waals surface area contributed by atoms with E-state index in [4.69, 9.17) is 5.11 Å². The van der Waals surface area contributed by atoms with E-state index in [0.29, 0.717) is 12.2 Å². The van der Waals surface area contributed by atoms with Crippen LogP contribution in [0, 0.1) is 5.82 Å². The minimum atomic E-state index is -1.13. The number of aromatic carboxylic acids is 1. The van der Waals surface area contributed by atoms with Crippen molar-refractivity contribution in [2.75, 3.05) is 11.9 Å². The summed E-state index contributed by atoms with van der Waals surface area (Å²) in [5.74, 6) is -1.68. The molecule has 0 amide bonds. The van der Waals surface area contributed by atoms with E-state index >= 15 is 0 Å². The smallest absolute Gasteiger partial charge is 0.337 e. The third-order valence-electron chi connectivity index (χ3n) is 2.07. The van der Waals surface area contributed by atoms with Gasteiger partial charge in [0.25, 0.3) is 0 Å². The molecule has 4 heteroatoms. The van der Waals surface area contributed by atoms with E-state index in [1.54, 1.807) is 0 Å². The minimum Gasteiger partial charge on any atom is -0.478 e. The molecule has 86 valence electrons. The first-order valence-electron chi connectivity index (χ1n) is 5.03. The van der Waals surface area contributed by atoms with Gasteiger partial charge in [-0.2, -0.15) is 0 Å². The number of benzene rings is 1. The Morgan fingerprint density at radius 3 is 2.94 bits per heavy atom. The number of carboxylic acid groups (broad SMARTS) is 1. The molecule has 2 N–H and O–H groups in total. The lowest BCUT2D eigenvalue weighted by molar-refractivity contribution is 0.0697. The molecule has 0 bridgehead atoms. The quantitative estimate of drug-likeness (QED) is 0.596. The fraction of sp³-hybridized carbons (Fsp3) is 0.250. The standard InChI is InChI=1S/C12H14FNO2/c1-2-3-4-7-14-11-6-5-9(13)8-10(11)12(15)16/h2-3,5-6,8,14H,4,7H2,1H3,(H,15,16)/b3-2+. The van der Waals surface area contributed by atoms with Gasteiger partial charge in [0.1, 0.15) is 5.82 Å². The Kier molecular flexibility index (Phi) is 4.51. The highest BCUT2D eigenvalue weighted by Gasteiger charge is 2.10. The van der Waals surface area contributed by atoms with Gasteiger partial charge in [-0.05, 0) is 31.5 Å². The maximum atomic E-state index is 12.8. The van der Waals surface area contributed by atoms with Crippen molar-refractivity contribution in [1.82, 2.24) is 0 Å². The lowest BCUT2D eigenvalue weighted by atomic mass is 10.1. The normalized spacial score (nSPS) is 10.6. The zero-order chi connectivity index (χ0) is 12.0. The molecule has 1 aromatic carbocycles. The summed E-state index contributed by atoms with van der Waals surface area (Å²) >= 11 is 0. The number of anilines is 1. The summed E-state index contributed by atoms with van der Waals surface area (Å²) in [7, 11) is 0. The number of carboxylic acids is 1. The van der Waals surface area contributed by atoms with Gasteiger partial charge in [-0.3, -0.25) is 0 Å². The molecule has 0 fully saturated rings. The summed E-state index contributed by atoms with van der Waals surface area (Å²) in [5.41, 5.74) is 0.402. The summed E-state index contributed by atoms with van der Waals surface area (Å²) in [6, 6.07) is 3.69. The highest BCUT2D eigenvalue weighted by molar-refractivity contribution is 5.94. The number of hydrogen-bond acceptors (Lipinski definition) is 2. The van der Waals surface area contributed by atoms with Crippen LogP contribution in [-0.4, -0.2) is 17.6 Å². The van der Waals surface area contributed by atoms with Gasteiger partial charge in [-0.1, -0.05) is 12.2 Å². The van der Waals surface area contributed by atoms with E-state index in [1.807, 2.05) is 19.1 Å². The largest absolute Gasteiger partial charge is 0.478 e. The van der Waals surface area contributed by atoms with Crippen LogP contribution in [0.5, 0.6) is 0 Å². The molecule has 0 spiro atoms. The zero-order valence-corrected chi connectivity index (χ0v) is 9.03. The number of rotatable bonds is 5. The number of hydrogen-bond donors (Lipinski definition) is 2. The van der Waals surface area contributed by atoms with Crippen molar-refractivity contribution in [2.24, 2.45) is 0 Å². The maximum absolute atomic E-state index is 12.8. The molecule has 0 aliphatic carbocycles. The number of carbonyl (C=O) groups is 1. The van der Waals surface area contributed by atoms with Gasteiger partial charge < -0.3 is 10.4 Å². The maximum Gasteiger partial charge on any atom is 0.337 e. The Labute approximate surface area is 93.6 Å². The van der Waals surface area contributed by atoms with E-state index in [2.05, 4.69) is 5.32 Å². The average molecular weight is 223 g/mol. The van der Waals surface area contributed by atoms with Crippen LogP contribution < -0.4 is 5.32 Å². The van der Waals surface area contributed by atoms with Crippen LogP contribution in [0.4, 0.5) is 10.1 Å². The van der Waals surface area contributed by atoms with E-state index < -0.39 is 11.8 Å². The molecule has 3 nitrogen and oxygen atoms in total. The lowest BCUT2D eigenvalue weighted by Gasteiger charge is -2.08. The Morgan fingerprint density at radius 1 is 1.56 bits per heavy atom. The van der Waals surface area contributed by atoms with E-state index in [1.165, 1.54) is 12.1 Å². The second kappa shape index (κ2) is 5.90. The average Bonchev–Trinajstić information content (AvgIpc) is 2.26. The van der Waals surface area contributed by atoms with Crippen LogP contribution in [0.2, 0.25) is 0 Å². The molecular formula is C12H14FNO2. The Bertz CT molecular complexity index is 402. The molecular weight excluding hydrogens is 209 g/mol. The third-order valence-corrected chi connectivity index (χ3v) is 2.07. The van der Waals surface area contributed by atoms with Crippen molar-refractivity contribution < 1.29 is 14.3 Å². The Morgan fingerprint density at radius 2 is 2.31 bits per heavy atom. The van der Waals surface area contributed by atoms with Crippen molar-refractivity contribution in [1.29, 1.82) is 0 Å². The summed E-state index contributed by atoms with van der Waals surface area (Å²) in [4.78, 5) is 10.8. The van der Waals surface area contributed by atoms with Crippen molar-refractivity contribution >= 4 is 11.7 Å². The summed E-state index contributed by atoms with van der Waals surface area (Å²) in [5, 5.41) is 11.8. The number of halogens is 1. The SMILES string of the molecule is C/C=C/CCNc1ccc(F)cc1C(=O)O. The van der Waals surface area contributed by atoms with Crippen LogP contribution in [-0.2, 0) is 0 Å². The molecule has 0 unspecified atom stereocenters. The van der Waals surface area contributed by atoms with Gasteiger partial charge >= 0.3 is 5.97 Å². The van der Waals surface area contributed by atoms with Crippen LogP contribution >= 0.6 is 0 Å². The fourth-order valence-electron chi connectivity index (χ4n) is 1.30. The predicted octanol–water partition coefficient (Wildman–Crippen LogP) is 2.90. The molecule has 0 aromatic heterocycles. The minimum absolute atomic E-state index is 0.0412. The van der Waals surface area contributed by atoms with Gasteiger partial charge in [0, 0.05) is 12.2 Å². The Balaban J connectivity index is 2.75. The van der Waals surface area contributed by atoms with Gasteiger partial charge in [0.15, 0.2) is 0 Å². The Hall–Kier alpha value is -1.84. The molecule has 0 heterocycles. The summed E-state index contributed by atoms with van der Waals surface area (Å²) in [6.07, 6.45) is 4.69. The van der Waals surface area contributed by atoms with Crippen molar-refractivity contribution in [3.8, 4) is 0 Å². The van der Waals surface area contributed by atoms with Crippen molar-refractivity contribution in [2.45, 2.75) is 13.3 Å². The molecule has 0 atom stereocenters. The lowest BCUT2D eigenvalue weighted by Crippen LogP contribution is -2.07. The monoisotopic (exact) mass is 223 g/mol. The van der Waals surface area contributed by atoms with Crippen LogP contribution in [0.15, 0.2) is 30.4 Å². The topological polar surface area (TPSA) is 49.3 Å². The van der Waals surface area contributed by atoms with Gasteiger partial charge in [-0.15, -0.1) is 0 Å².